The van der Waals surface area contributed by atoms with E-state index < -0.39 is 0 Å². The molecule has 0 spiro atoms. The molecule has 0 saturated carbocycles. The van der Waals surface area contributed by atoms with Crippen LogP contribution in [0.25, 0.3) is 0 Å². The van der Waals surface area contributed by atoms with E-state index in [1.165, 1.54) is 0 Å². The van der Waals surface area contributed by atoms with Gasteiger partial charge in [-0.1, -0.05) is 18.2 Å². The molecule has 1 aromatic heterocycles. The maximum atomic E-state index is 12.0. The third-order valence-electron chi connectivity index (χ3n) is 3.19. The van der Waals surface area contributed by atoms with Crippen LogP contribution in [-0.2, 0) is 13.1 Å². The zero-order valence-electron chi connectivity index (χ0n) is 11.2. The fourth-order valence-corrected chi connectivity index (χ4v) is 2.12. The monoisotopic (exact) mass is 261 g/mol. The summed E-state index contributed by atoms with van der Waals surface area (Å²) in [7, 11) is 1.62. The molecule has 19 heavy (non-hydrogen) atoms. The van der Waals surface area contributed by atoms with Crippen LogP contribution in [0.3, 0.4) is 0 Å². The summed E-state index contributed by atoms with van der Waals surface area (Å²) < 4.78 is 8.56. The van der Waals surface area contributed by atoms with Crippen molar-refractivity contribution in [1.82, 2.24) is 9.13 Å². The van der Waals surface area contributed by atoms with Gasteiger partial charge in [0.15, 0.2) is 0 Å². The second-order valence-electron chi connectivity index (χ2n) is 4.37. The molecule has 1 atom stereocenters. The van der Waals surface area contributed by atoms with E-state index in [2.05, 4.69) is 0 Å². The first-order valence-corrected chi connectivity index (χ1v) is 6.31. The smallest absolute Gasteiger partial charge is 0.328 e. The Balaban J connectivity index is 2.23. The van der Waals surface area contributed by atoms with Crippen molar-refractivity contribution in [2.45, 2.75) is 26.1 Å². The second kappa shape index (κ2) is 5.75. The van der Waals surface area contributed by atoms with Crippen molar-refractivity contribution < 1.29 is 4.74 Å². The molecule has 0 amide bonds. The number of ether oxygens (including phenoxy) is 1. The van der Waals surface area contributed by atoms with Gasteiger partial charge in [0.1, 0.15) is 5.75 Å². The quantitative estimate of drug-likeness (QED) is 0.884. The van der Waals surface area contributed by atoms with E-state index >= 15 is 0 Å². The molecule has 0 fully saturated rings. The summed E-state index contributed by atoms with van der Waals surface area (Å²) in [6, 6.07) is 7.33. The number of hydrogen-bond donors (Lipinski definition) is 1. The number of imidazole rings is 1. The van der Waals surface area contributed by atoms with Crippen LogP contribution in [-0.4, -0.2) is 16.2 Å². The fraction of sp³-hybridized carbons (Fsp3) is 0.357. The first-order chi connectivity index (χ1) is 9.17. The van der Waals surface area contributed by atoms with Crippen LogP contribution in [0.15, 0.2) is 41.5 Å². The van der Waals surface area contributed by atoms with E-state index in [1.54, 1.807) is 28.6 Å². The fourth-order valence-electron chi connectivity index (χ4n) is 2.12. The van der Waals surface area contributed by atoms with Crippen molar-refractivity contribution in [3.63, 3.8) is 0 Å². The maximum absolute atomic E-state index is 12.0. The average Bonchev–Trinajstić information content (AvgIpc) is 2.79. The lowest BCUT2D eigenvalue weighted by molar-refractivity contribution is 0.401. The van der Waals surface area contributed by atoms with Gasteiger partial charge in [0, 0.05) is 31.0 Å². The van der Waals surface area contributed by atoms with Gasteiger partial charge in [0.25, 0.3) is 0 Å². The normalized spacial score (nSPS) is 12.4. The van der Waals surface area contributed by atoms with E-state index in [0.29, 0.717) is 13.1 Å². The highest BCUT2D eigenvalue weighted by atomic mass is 16.5. The number of aromatic nitrogens is 2. The Hall–Kier alpha value is -2.01. The van der Waals surface area contributed by atoms with Crippen LogP contribution < -0.4 is 16.2 Å². The van der Waals surface area contributed by atoms with Gasteiger partial charge in [-0.05, 0) is 13.0 Å². The van der Waals surface area contributed by atoms with Gasteiger partial charge < -0.3 is 10.5 Å². The van der Waals surface area contributed by atoms with Crippen molar-refractivity contribution >= 4 is 0 Å². The van der Waals surface area contributed by atoms with Crippen LogP contribution in [0.2, 0.25) is 0 Å². The van der Waals surface area contributed by atoms with E-state index in [9.17, 15) is 4.79 Å². The second-order valence-corrected chi connectivity index (χ2v) is 4.37. The molecule has 5 nitrogen and oxygen atoms in total. The molecular formula is C14H19N3O2. The van der Waals surface area contributed by atoms with Crippen LogP contribution in [0.5, 0.6) is 5.75 Å². The summed E-state index contributed by atoms with van der Waals surface area (Å²) in [6.45, 7) is 3.04. The molecule has 0 saturated heterocycles. The number of hydrogen-bond acceptors (Lipinski definition) is 3. The van der Waals surface area contributed by atoms with Crippen molar-refractivity contribution in [3.8, 4) is 5.75 Å². The van der Waals surface area contributed by atoms with E-state index in [1.807, 2.05) is 31.2 Å². The Labute approximate surface area is 112 Å². The van der Waals surface area contributed by atoms with Crippen molar-refractivity contribution in [2.24, 2.45) is 5.73 Å². The summed E-state index contributed by atoms with van der Waals surface area (Å²) in [4.78, 5) is 12.0. The Morgan fingerprint density at radius 3 is 2.58 bits per heavy atom. The number of nitrogens with two attached hydrogens (primary N) is 1. The third kappa shape index (κ3) is 2.71. The Bertz CT molecular complexity index is 601. The number of para-hydroxylation sites is 1. The summed E-state index contributed by atoms with van der Waals surface area (Å²) in [6.07, 6.45) is 3.54. The van der Waals surface area contributed by atoms with E-state index in [-0.39, 0.29) is 11.7 Å². The molecule has 0 aliphatic heterocycles. The Kier molecular flexibility index (Phi) is 4.06. The average molecular weight is 261 g/mol. The minimum absolute atomic E-state index is 0.0344. The minimum atomic E-state index is -0.276. The highest BCUT2D eigenvalue weighted by molar-refractivity contribution is 5.35. The van der Waals surface area contributed by atoms with Gasteiger partial charge in [-0.3, -0.25) is 9.13 Å². The molecule has 1 unspecified atom stereocenters. The molecular weight excluding hydrogens is 242 g/mol. The number of methoxy groups -OCH3 is 1. The van der Waals surface area contributed by atoms with Gasteiger partial charge in [0.2, 0.25) is 0 Å². The van der Waals surface area contributed by atoms with Crippen molar-refractivity contribution in [1.29, 1.82) is 0 Å². The number of rotatable bonds is 5. The molecule has 5 heteroatoms. The first kappa shape index (κ1) is 13.4. The molecule has 0 aliphatic carbocycles. The van der Waals surface area contributed by atoms with E-state index in [0.717, 1.165) is 11.3 Å². The molecule has 0 bridgehead atoms. The highest BCUT2D eigenvalue weighted by Gasteiger charge is 2.13. The Morgan fingerprint density at radius 1 is 1.26 bits per heavy atom. The zero-order chi connectivity index (χ0) is 13.8. The standard InChI is InChI=1S/C14H19N3O2/c1-3-16-8-9-17(14(16)18)10-12(15)11-6-4-5-7-13(11)19-2/h4-9,12H,3,10,15H2,1-2H3. The third-order valence-corrected chi connectivity index (χ3v) is 3.19. The van der Waals surface area contributed by atoms with Gasteiger partial charge in [-0.15, -0.1) is 0 Å². The van der Waals surface area contributed by atoms with Gasteiger partial charge >= 0.3 is 5.69 Å². The number of benzene rings is 1. The first-order valence-electron chi connectivity index (χ1n) is 6.31. The van der Waals surface area contributed by atoms with Gasteiger partial charge in [-0.25, -0.2) is 4.79 Å². The van der Waals surface area contributed by atoms with Crippen LogP contribution in [0, 0.1) is 0 Å². The summed E-state index contributed by atoms with van der Waals surface area (Å²) in [5.74, 6) is 0.748. The van der Waals surface area contributed by atoms with E-state index in [4.69, 9.17) is 10.5 Å². The van der Waals surface area contributed by atoms with Gasteiger partial charge in [-0.2, -0.15) is 0 Å². The topological polar surface area (TPSA) is 62.2 Å². The van der Waals surface area contributed by atoms with Crippen molar-refractivity contribution in [2.75, 3.05) is 7.11 Å². The SMILES string of the molecule is CCn1ccn(CC(N)c2ccccc2OC)c1=O. The molecule has 102 valence electrons. The lowest BCUT2D eigenvalue weighted by Gasteiger charge is -2.15. The Morgan fingerprint density at radius 2 is 1.95 bits per heavy atom. The molecule has 0 radical (unpaired) electrons. The number of aryl methyl sites for hydroxylation is 1. The van der Waals surface area contributed by atoms with Gasteiger partial charge in [0.05, 0.1) is 13.2 Å². The highest BCUT2D eigenvalue weighted by Crippen LogP contribution is 2.23. The molecule has 0 aliphatic rings. The minimum Gasteiger partial charge on any atom is -0.496 e. The summed E-state index contributed by atoms with van der Waals surface area (Å²) in [5, 5.41) is 0. The predicted molar refractivity (Wildman–Crippen MR) is 74.3 cm³/mol. The molecule has 2 rings (SSSR count). The van der Waals surface area contributed by atoms with Crippen LogP contribution >= 0.6 is 0 Å². The summed E-state index contributed by atoms with van der Waals surface area (Å²) in [5.41, 5.74) is 7.04. The van der Waals surface area contributed by atoms with Crippen LogP contribution in [0.4, 0.5) is 0 Å². The van der Waals surface area contributed by atoms with Crippen LogP contribution in [0.1, 0.15) is 18.5 Å². The molecule has 1 heterocycles. The maximum Gasteiger partial charge on any atom is 0.328 e. The molecule has 2 aromatic rings. The van der Waals surface area contributed by atoms with Crippen molar-refractivity contribution in [3.05, 3.63) is 52.7 Å². The predicted octanol–water partition coefficient (Wildman–Crippen LogP) is 1.38. The molecule has 1 aromatic carbocycles. The zero-order valence-corrected chi connectivity index (χ0v) is 11.2. The number of nitrogens with zero attached hydrogens (tertiary/aromatic N) is 2. The molecule has 2 N–H and O–H groups in total. The lowest BCUT2D eigenvalue weighted by atomic mass is 10.1. The lowest BCUT2D eigenvalue weighted by Crippen LogP contribution is -2.28. The largest absolute Gasteiger partial charge is 0.496 e. The summed E-state index contributed by atoms with van der Waals surface area (Å²) >= 11 is 0.